The van der Waals surface area contributed by atoms with Crippen LogP contribution in [0.1, 0.15) is 81.4 Å². The molecule has 12 nitrogen and oxygen atoms in total. The third-order valence-corrected chi connectivity index (χ3v) is 12.0. The van der Waals surface area contributed by atoms with Crippen LogP contribution in [0.15, 0.2) is 53.3 Å². The average Bonchev–Trinajstić information content (AvgIpc) is 3.68. The molecule has 0 saturated heterocycles. The van der Waals surface area contributed by atoms with E-state index in [9.17, 15) is 28.8 Å². The summed E-state index contributed by atoms with van der Waals surface area (Å²) in [6, 6.07) is 11.6. The second kappa shape index (κ2) is 13.4. The lowest BCUT2D eigenvalue weighted by molar-refractivity contribution is -0.192. The SMILES string of the molecule is CC[C@@]1(OC(=O)C2CCC(CNC(=O)C3CCC(CN4C(=O)C=CC4=O)CC3)CC2)C(=O)OCc2c1cc1n(c2=O)Cc2cc3ccccc3nc2-1. The van der Waals surface area contributed by atoms with Gasteiger partial charge in [0.1, 0.15) is 6.61 Å². The van der Waals surface area contributed by atoms with E-state index >= 15 is 0 Å². The van der Waals surface area contributed by atoms with Gasteiger partial charge in [0.05, 0.1) is 34.9 Å². The van der Waals surface area contributed by atoms with Gasteiger partial charge in [-0.15, -0.1) is 0 Å². The van der Waals surface area contributed by atoms with Crippen molar-refractivity contribution in [2.24, 2.45) is 23.7 Å². The summed E-state index contributed by atoms with van der Waals surface area (Å²) in [4.78, 5) is 84.1. The fourth-order valence-corrected chi connectivity index (χ4v) is 8.81. The Morgan fingerprint density at radius 1 is 0.923 bits per heavy atom. The second-order valence-electron chi connectivity index (χ2n) is 15.0. The minimum atomic E-state index is -1.74. The Kier molecular flexibility index (Phi) is 8.79. The van der Waals surface area contributed by atoms with E-state index < -0.39 is 23.5 Å². The molecule has 1 atom stereocenters. The lowest BCUT2D eigenvalue weighted by Gasteiger charge is -2.37. The highest BCUT2D eigenvalue weighted by atomic mass is 16.6. The molecule has 270 valence electrons. The summed E-state index contributed by atoms with van der Waals surface area (Å²) in [5.74, 6) is -1.74. The minimum Gasteiger partial charge on any atom is -0.457 e. The van der Waals surface area contributed by atoms with Crippen LogP contribution < -0.4 is 10.9 Å². The summed E-state index contributed by atoms with van der Waals surface area (Å²) in [7, 11) is 0. The monoisotopic (exact) mass is 706 g/mol. The van der Waals surface area contributed by atoms with Crippen molar-refractivity contribution in [3.63, 3.8) is 0 Å². The first-order chi connectivity index (χ1) is 25.1. The first kappa shape index (κ1) is 34.0. The van der Waals surface area contributed by atoms with Crippen molar-refractivity contribution in [1.29, 1.82) is 0 Å². The fraction of sp³-hybridized carbons (Fsp3) is 0.475. The number of esters is 2. The lowest BCUT2D eigenvalue weighted by Crippen LogP contribution is -2.48. The summed E-state index contributed by atoms with van der Waals surface area (Å²) in [6.45, 7) is 2.86. The Balaban J connectivity index is 0.886. The molecule has 1 aromatic carbocycles. The smallest absolute Gasteiger partial charge is 0.355 e. The molecule has 2 aromatic heterocycles. The van der Waals surface area contributed by atoms with E-state index in [0.29, 0.717) is 55.0 Å². The summed E-state index contributed by atoms with van der Waals surface area (Å²) in [5, 5.41) is 4.10. The van der Waals surface area contributed by atoms with E-state index in [-0.39, 0.29) is 54.1 Å². The van der Waals surface area contributed by atoms with Crippen LogP contribution >= 0.6 is 0 Å². The van der Waals surface area contributed by atoms with Gasteiger partial charge in [0.15, 0.2) is 0 Å². The molecule has 12 heteroatoms. The molecule has 2 aliphatic carbocycles. The molecule has 3 aromatic rings. The number of fused-ring (bicyclic) bond motifs is 5. The van der Waals surface area contributed by atoms with Crippen LogP contribution in [0.3, 0.4) is 0 Å². The number of rotatable bonds is 8. The van der Waals surface area contributed by atoms with Crippen molar-refractivity contribution >= 4 is 40.6 Å². The van der Waals surface area contributed by atoms with Gasteiger partial charge in [0.25, 0.3) is 17.4 Å². The molecule has 52 heavy (non-hydrogen) atoms. The number of hydrogen-bond acceptors (Lipinski definition) is 9. The molecule has 3 amide bonds. The van der Waals surface area contributed by atoms with Crippen LogP contribution in [0.2, 0.25) is 0 Å². The molecule has 1 N–H and O–H groups in total. The second-order valence-corrected chi connectivity index (χ2v) is 15.0. The Labute approximate surface area is 300 Å². The van der Waals surface area contributed by atoms with Gasteiger partial charge in [-0.1, -0.05) is 25.1 Å². The number of para-hydroxylation sites is 1. The van der Waals surface area contributed by atoms with Crippen LogP contribution in [0, 0.1) is 23.7 Å². The van der Waals surface area contributed by atoms with Crippen LogP contribution in [-0.4, -0.2) is 57.2 Å². The summed E-state index contributed by atoms with van der Waals surface area (Å²) in [6.07, 6.45) is 8.32. The highest BCUT2D eigenvalue weighted by molar-refractivity contribution is 6.12. The van der Waals surface area contributed by atoms with Crippen LogP contribution in [-0.2, 0) is 52.2 Å². The number of pyridine rings is 2. The van der Waals surface area contributed by atoms with Gasteiger partial charge in [0, 0.05) is 47.7 Å². The Morgan fingerprint density at radius 2 is 1.62 bits per heavy atom. The van der Waals surface area contributed by atoms with Gasteiger partial charge in [-0.05, 0) is 87.8 Å². The summed E-state index contributed by atoms with van der Waals surface area (Å²) >= 11 is 0. The summed E-state index contributed by atoms with van der Waals surface area (Å²) in [5.41, 5.74) is 1.66. The Hall–Kier alpha value is -5.13. The van der Waals surface area contributed by atoms with Crippen molar-refractivity contribution in [3.8, 4) is 11.4 Å². The highest BCUT2D eigenvalue weighted by Crippen LogP contribution is 2.42. The largest absolute Gasteiger partial charge is 0.457 e. The van der Waals surface area contributed by atoms with E-state index in [1.54, 1.807) is 17.6 Å². The Morgan fingerprint density at radius 3 is 2.35 bits per heavy atom. The van der Waals surface area contributed by atoms with Crippen LogP contribution in [0.4, 0.5) is 0 Å². The first-order valence-electron chi connectivity index (χ1n) is 18.5. The number of aromatic nitrogens is 2. The maximum Gasteiger partial charge on any atom is 0.355 e. The molecular formula is C40H42N4O8. The normalized spacial score (nSPS) is 26.5. The van der Waals surface area contributed by atoms with Crippen molar-refractivity contribution in [3.05, 3.63) is 75.6 Å². The number of carbonyl (C=O) groups is 5. The van der Waals surface area contributed by atoms with E-state index in [4.69, 9.17) is 14.5 Å². The average molecular weight is 707 g/mol. The standard InChI is InChI=1S/C40H42N4O8/c1-2-40(30-18-32-35-28(17-27-5-3-4-6-31(27)42-35)21-43(32)37(48)29(30)22-51-39(40)50)52-38(49)26-13-7-23(8-14-26)19-41-36(47)25-11-9-24(10-12-25)20-44-33(45)15-16-34(44)46/h3-6,15-18,23-26H,2,7-14,19-22H2,1H3,(H,41,47)/t23?,24?,25?,26?,40-/m0/s1. The quantitative estimate of drug-likeness (QED) is 0.209. The maximum atomic E-state index is 13.9. The Bertz CT molecular complexity index is 2070. The zero-order valence-electron chi connectivity index (χ0n) is 29.2. The maximum absolute atomic E-state index is 13.9. The number of benzene rings is 1. The van der Waals surface area contributed by atoms with E-state index in [1.807, 2.05) is 30.3 Å². The van der Waals surface area contributed by atoms with Gasteiger partial charge in [0.2, 0.25) is 11.5 Å². The van der Waals surface area contributed by atoms with Gasteiger partial charge in [-0.2, -0.15) is 0 Å². The summed E-state index contributed by atoms with van der Waals surface area (Å²) < 4.78 is 13.3. The molecule has 5 heterocycles. The molecule has 3 aliphatic heterocycles. The van der Waals surface area contributed by atoms with Gasteiger partial charge in [-0.25, -0.2) is 9.78 Å². The predicted molar refractivity (Wildman–Crippen MR) is 188 cm³/mol. The number of hydrogen-bond donors (Lipinski definition) is 1. The number of nitrogens with one attached hydrogen (secondary N) is 1. The number of cyclic esters (lactones) is 1. The van der Waals surface area contributed by atoms with Crippen molar-refractivity contribution in [1.82, 2.24) is 19.8 Å². The number of ether oxygens (including phenoxy) is 2. The molecule has 2 fully saturated rings. The molecular weight excluding hydrogens is 664 g/mol. The van der Waals surface area contributed by atoms with Crippen molar-refractivity contribution < 1.29 is 33.4 Å². The van der Waals surface area contributed by atoms with E-state index in [0.717, 1.165) is 55.0 Å². The molecule has 8 rings (SSSR count). The molecule has 0 spiro atoms. The molecule has 0 radical (unpaired) electrons. The lowest BCUT2D eigenvalue weighted by atomic mass is 9.80. The molecule has 2 saturated carbocycles. The van der Waals surface area contributed by atoms with Crippen LogP contribution in [0.25, 0.3) is 22.3 Å². The number of amides is 3. The van der Waals surface area contributed by atoms with Gasteiger partial charge >= 0.3 is 11.9 Å². The molecule has 0 unspecified atom stereocenters. The first-order valence-corrected chi connectivity index (χ1v) is 18.5. The fourth-order valence-electron chi connectivity index (χ4n) is 8.81. The highest BCUT2D eigenvalue weighted by Gasteiger charge is 2.51. The third-order valence-electron chi connectivity index (χ3n) is 12.0. The van der Waals surface area contributed by atoms with Crippen LogP contribution in [0.5, 0.6) is 0 Å². The van der Waals surface area contributed by atoms with Crippen molar-refractivity contribution in [2.75, 3.05) is 13.1 Å². The third kappa shape index (κ3) is 5.91. The van der Waals surface area contributed by atoms with Crippen molar-refractivity contribution in [2.45, 2.75) is 83.5 Å². The van der Waals surface area contributed by atoms with Gasteiger partial charge < -0.3 is 19.4 Å². The zero-order valence-corrected chi connectivity index (χ0v) is 29.2. The number of nitrogens with zero attached hydrogens (tertiary/aromatic N) is 3. The topological polar surface area (TPSA) is 154 Å². The molecule has 0 bridgehead atoms. The van der Waals surface area contributed by atoms with E-state index in [1.165, 1.54) is 17.1 Å². The van der Waals surface area contributed by atoms with Gasteiger partial charge in [-0.3, -0.25) is 28.9 Å². The molecule has 5 aliphatic rings. The number of imide groups is 1. The zero-order chi connectivity index (χ0) is 36.1. The van der Waals surface area contributed by atoms with E-state index in [2.05, 4.69) is 5.32 Å². The predicted octanol–water partition coefficient (Wildman–Crippen LogP) is 4.28. The minimum absolute atomic E-state index is 0.0303. The number of carbonyl (C=O) groups excluding carboxylic acids is 5.